The van der Waals surface area contributed by atoms with Crippen LogP contribution in [0.3, 0.4) is 0 Å². The van der Waals surface area contributed by atoms with E-state index in [4.69, 9.17) is 34.3 Å². The number of halogens is 1. The molecule has 0 fully saturated rings. The first-order valence-electron chi connectivity index (χ1n) is 5.69. The molecule has 0 radical (unpaired) electrons. The van der Waals surface area contributed by atoms with E-state index >= 15 is 0 Å². The van der Waals surface area contributed by atoms with Crippen molar-refractivity contribution in [2.45, 2.75) is 13.3 Å². The fraction of sp³-hybridized carbons (Fsp3) is 0.231. The van der Waals surface area contributed by atoms with Crippen molar-refractivity contribution in [2.24, 2.45) is 5.73 Å². The van der Waals surface area contributed by atoms with Crippen LogP contribution in [0.5, 0.6) is 5.75 Å². The summed E-state index contributed by atoms with van der Waals surface area (Å²) < 4.78 is 5.73. The average Bonchev–Trinajstić information content (AvgIpc) is 2.77. The molecule has 0 unspecified atom stereocenters. The molecule has 100 valence electrons. The Kier molecular flexibility index (Phi) is 4.74. The highest BCUT2D eigenvalue weighted by Crippen LogP contribution is 2.23. The van der Waals surface area contributed by atoms with Crippen molar-refractivity contribution in [3.8, 4) is 5.75 Å². The van der Waals surface area contributed by atoms with Gasteiger partial charge < -0.3 is 10.5 Å². The second kappa shape index (κ2) is 6.32. The Hall–Kier alpha value is -1.17. The second-order valence-electron chi connectivity index (χ2n) is 3.96. The first kappa shape index (κ1) is 14.2. The number of hydrogen-bond acceptors (Lipinski definition) is 4. The van der Waals surface area contributed by atoms with Crippen molar-refractivity contribution in [3.05, 3.63) is 44.9 Å². The van der Waals surface area contributed by atoms with Gasteiger partial charge in [-0.2, -0.15) is 0 Å². The van der Waals surface area contributed by atoms with Crippen molar-refractivity contribution < 1.29 is 4.74 Å². The zero-order chi connectivity index (χ0) is 13.8. The molecule has 0 aliphatic rings. The average molecular weight is 313 g/mol. The molecular weight excluding hydrogens is 300 g/mol. The highest BCUT2D eigenvalue weighted by molar-refractivity contribution is 7.80. The molecule has 6 heteroatoms. The van der Waals surface area contributed by atoms with Crippen LogP contribution in [0.4, 0.5) is 0 Å². The van der Waals surface area contributed by atoms with Crippen LogP contribution >= 0.6 is 35.2 Å². The Balaban J connectivity index is 2.03. The lowest BCUT2D eigenvalue weighted by Crippen LogP contribution is -2.12. The van der Waals surface area contributed by atoms with Gasteiger partial charge in [0.15, 0.2) is 0 Å². The van der Waals surface area contributed by atoms with E-state index < -0.39 is 0 Å². The standard InChI is InChI=1S/C13H13ClN2OS2/c1-8-12(19-7-16-8)4-5-17-11-3-2-9(14)6-10(11)13(15)18/h2-3,6-7H,4-5H2,1H3,(H2,15,18). The number of aromatic nitrogens is 1. The Morgan fingerprint density at radius 2 is 2.32 bits per heavy atom. The lowest BCUT2D eigenvalue weighted by molar-refractivity contribution is 0.322. The van der Waals surface area contributed by atoms with E-state index in [9.17, 15) is 0 Å². The molecule has 3 nitrogen and oxygen atoms in total. The Bertz CT molecular complexity index is 598. The van der Waals surface area contributed by atoms with Crippen molar-refractivity contribution >= 4 is 40.1 Å². The summed E-state index contributed by atoms with van der Waals surface area (Å²) in [4.78, 5) is 5.72. The SMILES string of the molecule is Cc1ncsc1CCOc1ccc(Cl)cc1C(N)=S. The largest absolute Gasteiger partial charge is 0.492 e. The van der Waals surface area contributed by atoms with E-state index in [1.54, 1.807) is 29.5 Å². The van der Waals surface area contributed by atoms with Gasteiger partial charge in [0.2, 0.25) is 0 Å². The molecule has 19 heavy (non-hydrogen) atoms. The van der Waals surface area contributed by atoms with Crippen LogP contribution < -0.4 is 10.5 Å². The topological polar surface area (TPSA) is 48.1 Å². The predicted molar refractivity (Wildman–Crippen MR) is 83.4 cm³/mol. The molecule has 0 saturated heterocycles. The summed E-state index contributed by atoms with van der Waals surface area (Å²) in [6, 6.07) is 5.27. The lowest BCUT2D eigenvalue weighted by Gasteiger charge is -2.10. The molecule has 0 bridgehead atoms. The molecule has 0 saturated carbocycles. The quantitative estimate of drug-likeness (QED) is 0.860. The number of hydrogen-bond donors (Lipinski definition) is 1. The fourth-order valence-corrected chi connectivity index (χ4v) is 2.73. The zero-order valence-electron chi connectivity index (χ0n) is 10.4. The summed E-state index contributed by atoms with van der Waals surface area (Å²) in [6.07, 6.45) is 0.815. The third kappa shape index (κ3) is 3.65. The van der Waals surface area contributed by atoms with Gasteiger partial charge in [0.05, 0.1) is 23.4 Å². The van der Waals surface area contributed by atoms with Gasteiger partial charge in [-0.3, -0.25) is 0 Å². The highest BCUT2D eigenvalue weighted by atomic mass is 35.5. The number of thiazole rings is 1. The van der Waals surface area contributed by atoms with Crippen molar-refractivity contribution in [1.29, 1.82) is 0 Å². The third-order valence-electron chi connectivity index (χ3n) is 2.64. The molecular formula is C13H13ClN2OS2. The number of nitrogens with zero attached hydrogens (tertiary/aromatic N) is 1. The smallest absolute Gasteiger partial charge is 0.129 e. The molecule has 0 spiro atoms. The summed E-state index contributed by atoms with van der Waals surface area (Å²) in [7, 11) is 0. The van der Waals surface area contributed by atoms with E-state index in [0.717, 1.165) is 12.1 Å². The van der Waals surface area contributed by atoms with Crippen LogP contribution in [0.2, 0.25) is 5.02 Å². The monoisotopic (exact) mass is 312 g/mol. The van der Waals surface area contributed by atoms with E-state index in [-0.39, 0.29) is 4.99 Å². The maximum Gasteiger partial charge on any atom is 0.129 e. The summed E-state index contributed by atoms with van der Waals surface area (Å²) in [5, 5.41) is 0.591. The second-order valence-corrected chi connectivity index (χ2v) is 5.78. The molecule has 0 aliphatic carbocycles. The van der Waals surface area contributed by atoms with E-state index in [2.05, 4.69) is 4.98 Å². The summed E-state index contributed by atoms with van der Waals surface area (Å²) in [5.74, 6) is 0.666. The van der Waals surface area contributed by atoms with Gasteiger partial charge in [0.25, 0.3) is 0 Å². The molecule has 2 N–H and O–H groups in total. The van der Waals surface area contributed by atoms with Crippen molar-refractivity contribution in [2.75, 3.05) is 6.61 Å². The van der Waals surface area contributed by atoms with E-state index in [1.807, 2.05) is 12.4 Å². The first-order chi connectivity index (χ1) is 9.08. The number of benzene rings is 1. The van der Waals surface area contributed by atoms with Gasteiger partial charge in [-0.05, 0) is 25.1 Å². The predicted octanol–water partition coefficient (Wildman–Crippen LogP) is 3.36. The van der Waals surface area contributed by atoms with Gasteiger partial charge >= 0.3 is 0 Å². The van der Waals surface area contributed by atoms with Crippen LogP contribution in [-0.2, 0) is 6.42 Å². The Morgan fingerprint density at radius 1 is 1.53 bits per heavy atom. The van der Waals surface area contributed by atoms with E-state index in [0.29, 0.717) is 22.9 Å². The van der Waals surface area contributed by atoms with Crippen LogP contribution in [-0.4, -0.2) is 16.6 Å². The van der Waals surface area contributed by atoms with Gasteiger partial charge in [-0.15, -0.1) is 11.3 Å². The van der Waals surface area contributed by atoms with Crippen LogP contribution in [0.15, 0.2) is 23.7 Å². The summed E-state index contributed by atoms with van der Waals surface area (Å²) in [6.45, 7) is 2.55. The molecule has 1 aromatic carbocycles. The van der Waals surface area contributed by atoms with Gasteiger partial charge in [-0.1, -0.05) is 23.8 Å². The Labute approximate surface area is 126 Å². The maximum atomic E-state index is 5.92. The van der Waals surface area contributed by atoms with Crippen LogP contribution in [0, 0.1) is 6.92 Å². The number of ether oxygens (including phenoxy) is 1. The van der Waals surface area contributed by atoms with E-state index in [1.165, 1.54) is 4.88 Å². The minimum absolute atomic E-state index is 0.284. The Morgan fingerprint density at radius 3 is 2.95 bits per heavy atom. The first-order valence-corrected chi connectivity index (χ1v) is 7.35. The number of aryl methyl sites for hydroxylation is 1. The minimum Gasteiger partial charge on any atom is -0.492 e. The molecule has 1 aromatic heterocycles. The molecule has 2 rings (SSSR count). The van der Waals surface area contributed by atoms with Crippen LogP contribution in [0.25, 0.3) is 0 Å². The minimum atomic E-state index is 0.284. The number of rotatable bonds is 5. The normalized spacial score (nSPS) is 10.4. The molecule has 0 atom stereocenters. The van der Waals surface area contributed by atoms with Crippen molar-refractivity contribution in [3.63, 3.8) is 0 Å². The number of nitrogens with two attached hydrogens (primary N) is 1. The fourth-order valence-electron chi connectivity index (χ4n) is 1.64. The third-order valence-corrected chi connectivity index (χ3v) is 4.09. The molecule has 0 amide bonds. The summed E-state index contributed by atoms with van der Waals surface area (Å²) in [5.41, 5.74) is 9.22. The molecule has 0 aliphatic heterocycles. The van der Waals surface area contributed by atoms with Gasteiger partial charge in [0, 0.05) is 16.3 Å². The molecule has 2 aromatic rings. The lowest BCUT2D eigenvalue weighted by atomic mass is 10.2. The zero-order valence-corrected chi connectivity index (χ0v) is 12.7. The molecule has 1 heterocycles. The number of thiocarbonyl (C=S) groups is 1. The van der Waals surface area contributed by atoms with Gasteiger partial charge in [0.1, 0.15) is 10.7 Å². The van der Waals surface area contributed by atoms with Gasteiger partial charge in [-0.25, -0.2) is 4.98 Å². The van der Waals surface area contributed by atoms with Crippen molar-refractivity contribution in [1.82, 2.24) is 4.98 Å². The maximum absolute atomic E-state index is 5.92. The summed E-state index contributed by atoms with van der Waals surface area (Å²) >= 11 is 12.5. The highest BCUT2D eigenvalue weighted by Gasteiger charge is 2.08. The van der Waals surface area contributed by atoms with Crippen LogP contribution in [0.1, 0.15) is 16.1 Å².